The van der Waals surface area contributed by atoms with Crippen LogP contribution < -0.4 is 21.7 Å². The third-order valence-corrected chi connectivity index (χ3v) is 3.66. The van der Waals surface area contributed by atoms with Crippen molar-refractivity contribution in [3.63, 3.8) is 0 Å². The number of fused-ring (bicyclic) bond motifs is 1. The maximum Gasteiger partial charge on any atom is 0.171 e. The number of aromatic nitrogens is 3. The number of nitrogens with two attached hydrogens (primary N) is 1. The summed E-state index contributed by atoms with van der Waals surface area (Å²) in [4.78, 5) is 12.9. The Morgan fingerprint density at radius 3 is 2.96 bits per heavy atom. The van der Waals surface area contributed by atoms with E-state index < -0.39 is 0 Å². The van der Waals surface area contributed by atoms with E-state index in [9.17, 15) is 0 Å². The zero-order valence-electron chi connectivity index (χ0n) is 14.3. The van der Waals surface area contributed by atoms with Crippen molar-refractivity contribution < 1.29 is 0 Å². The Labute approximate surface area is 151 Å². The molecule has 2 heterocycles. The highest BCUT2D eigenvalue weighted by atomic mass is 15.1. The Kier molecular flexibility index (Phi) is 5.23. The van der Waals surface area contributed by atoms with Crippen LogP contribution in [0.3, 0.4) is 0 Å². The molecule has 0 bridgehead atoms. The van der Waals surface area contributed by atoms with E-state index in [4.69, 9.17) is 11.1 Å². The summed E-state index contributed by atoms with van der Waals surface area (Å²) in [6.45, 7) is 0.553. The molecule has 2 aromatic heterocycles. The van der Waals surface area contributed by atoms with Gasteiger partial charge in [0.05, 0.1) is 17.4 Å². The first-order valence-electron chi connectivity index (χ1n) is 8.04. The highest BCUT2D eigenvalue weighted by Gasteiger charge is 2.06. The van der Waals surface area contributed by atoms with Gasteiger partial charge in [-0.2, -0.15) is 0 Å². The monoisotopic (exact) mass is 348 g/mol. The number of nitrogens with one attached hydrogen (secondary N) is 4. The van der Waals surface area contributed by atoms with Crippen molar-refractivity contribution in [1.82, 2.24) is 20.3 Å². The Balaban J connectivity index is 1.75. The van der Waals surface area contributed by atoms with E-state index in [-0.39, 0.29) is 0 Å². The summed E-state index contributed by atoms with van der Waals surface area (Å²) in [7, 11) is 1.76. The summed E-state index contributed by atoms with van der Waals surface area (Å²) in [6, 6.07) is 10.0. The number of allylic oxidation sites excluding steroid dienone is 1. The third-order valence-electron chi connectivity index (χ3n) is 3.66. The molecule has 0 unspecified atom stereocenters. The van der Waals surface area contributed by atoms with E-state index in [0.29, 0.717) is 29.7 Å². The lowest BCUT2D eigenvalue weighted by Gasteiger charge is -2.11. The van der Waals surface area contributed by atoms with Crippen molar-refractivity contribution >= 4 is 34.6 Å². The van der Waals surface area contributed by atoms with Crippen molar-refractivity contribution in [2.75, 3.05) is 23.4 Å². The number of nitrogens with zero attached hydrogens (tertiary/aromatic N) is 3. The normalized spacial score (nSPS) is 11.2. The predicted octanol–water partition coefficient (Wildman–Crippen LogP) is 2.34. The van der Waals surface area contributed by atoms with E-state index in [1.54, 1.807) is 19.4 Å². The van der Waals surface area contributed by atoms with Crippen LogP contribution in [0.2, 0.25) is 0 Å². The summed E-state index contributed by atoms with van der Waals surface area (Å²) >= 11 is 0. The van der Waals surface area contributed by atoms with Crippen molar-refractivity contribution in [2.45, 2.75) is 6.54 Å². The number of benzene rings is 1. The van der Waals surface area contributed by atoms with Gasteiger partial charge in [0.2, 0.25) is 0 Å². The van der Waals surface area contributed by atoms with E-state index >= 15 is 0 Å². The average Bonchev–Trinajstić information content (AvgIpc) is 2.67. The number of anilines is 3. The van der Waals surface area contributed by atoms with Gasteiger partial charge in [-0.1, -0.05) is 12.1 Å². The van der Waals surface area contributed by atoms with Crippen LogP contribution in [0.15, 0.2) is 54.6 Å². The fraction of sp³-hybridized carbons (Fsp3) is 0.111. The quantitative estimate of drug-likeness (QED) is 0.415. The standard InChI is InChI=1S/C18H20N8/c1-21-10-14(8-19)25-16-11-23-17(20)18(26-16)24-9-12-4-5-15-13(7-12)3-2-6-22-15/h2-8,10-11,19,21H,9H2,1H3,(H2,20,23)(H2,24,25,26)/b14-10+,19-8?. The molecule has 0 fully saturated rings. The predicted molar refractivity (Wildman–Crippen MR) is 105 cm³/mol. The molecule has 3 aromatic rings. The maximum atomic E-state index is 7.38. The van der Waals surface area contributed by atoms with Gasteiger partial charge in [0.15, 0.2) is 17.5 Å². The number of nitrogen functional groups attached to an aromatic ring is 1. The summed E-state index contributed by atoms with van der Waals surface area (Å²) in [5, 5.41) is 17.5. The molecule has 0 radical (unpaired) electrons. The molecule has 0 atom stereocenters. The lowest BCUT2D eigenvalue weighted by Crippen LogP contribution is -2.11. The fourth-order valence-electron chi connectivity index (χ4n) is 2.43. The van der Waals surface area contributed by atoms with E-state index in [1.807, 2.05) is 24.3 Å². The van der Waals surface area contributed by atoms with Crippen LogP contribution in [0.4, 0.5) is 17.5 Å². The second-order valence-corrected chi connectivity index (χ2v) is 5.53. The van der Waals surface area contributed by atoms with Crippen LogP contribution in [-0.4, -0.2) is 28.2 Å². The zero-order valence-corrected chi connectivity index (χ0v) is 14.3. The van der Waals surface area contributed by atoms with Crippen LogP contribution in [0.1, 0.15) is 5.56 Å². The number of rotatable bonds is 7. The van der Waals surface area contributed by atoms with E-state index in [0.717, 1.165) is 16.5 Å². The molecule has 26 heavy (non-hydrogen) atoms. The van der Waals surface area contributed by atoms with Crippen LogP contribution in [0, 0.1) is 5.41 Å². The molecular formula is C18H20N8. The summed E-state index contributed by atoms with van der Waals surface area (Å²) in [6.07, 6.45) is 6.14. The number of pyridine rings is 1. The molecule has 8 nitrogen and oxygen atoms in total. The zero-order chi connectivity index (χ0) is 18.4. The minimum atomic E-state index is 0.312. The molecule has 0 amide bonds. The fourth-order valence-corrected chi connectivity index (χ4v) is 2.43. The molecular weight excluding hydrogens is 328 g/mol. The first kappa shape index (κ1) is 17.2. The Bertz CT molecular complexity index is 951. The van der Waals surface area contributed by atoms with E-state index in [1.165, 1.54) is 12.4 Å². The third kappa shape index (κ3) is 4.04. The lowest BCUT2D eigenvalue weighted by atomic mass is 10.1. The smallest absolute Gasteiger partial charge is 0.171 e. The first-order chi connectivity index (χ1) is 12.7. The highest BCUT2D eigenvalue weighted by molar-refractivity contribution is 5.80. The van der Waals surface area contributed by atoms with Crippen molar-refractivity contribution in [1.29, 1.82) is 5.41 Å². The van der Waals surface area contributed by atoms with Gasteiger partial charge >= 0.3 is 0 Å². The second kappa shape index (κ2) is 7.93. The van der Waals surface area contributed by atoms with Crippen LogP contribution >= 0.6 is 0 Å². The molecule has 0 aliphatic carbocycles. The molecule has 132 valence electrons. The van der Waals surface area contributed by atoms with Crippen LogP contribution in [0.5, 0.6) is 0 Å². The second-order valence-electron chi connectivity index (χ2n) is 5.53. The Hall–Kier alpha value is -3.68. The maximum absolute atomic E-state index is 7.38. The van der Waals surface area contributed by atoms with Gasteiger partial charge in [-0.15, -0.1) is 0 Å². The molecule has 0 aliphatic heterocycles. The first-order valence-corrected chi connectivity index (χ1v) is 8.04. The van der Waals surface area contributed by atoms with Gasteiger partial charge in [-0.05, 0) is 23.8 Å². The molecule has 6 N–H and O–H groups in total. The van der Waals surface area contributed by atoms with E-state index in [2.05, 4.69) is 37.0 Å². The number of hydrogen-bond donors (Lipinski definition) is 5. The number of hydrogen-bond acceptors (Lipinski definition) is 8. The van der Waals surface area contributed by atoms with Gasteiger partial charge in [0.1, 0.15) is 0 Å². The summed E-state index contributed by atoms with van der Waals surface area (Å²) in [5.74, 6) is 1.29. The van der Waals surface area contributed by atoms with Gasteiger partial charge in [0, 0.05) is 37.6 Å². The summed E-state index contributed by atoms with van der Waals surface area (Å²) < 4.78 is 0. The SMILES string of the molecule is CN/C=C(\C=N)Nc1cnc(N)c(NCc2ccc3ncccc3c2)n1. The highest BCUT2D eigenvalue weighted by Crippen LogP contribution is 2.18. The van der Waals surface area contributed by atoms with Crippen molar-refractivity contribution in [2.24, 2.45) is 0 Å². The van der Waals surface area contributed by atoms with Crippen LogP contribution in [0.25, 0.3) is 10.9 Å². The van der Waals surface area contributed by atoms with Gasteiger partial charge in [0.25, 0.3) is 0 Å². The largest absolute Gasteiger partial charge is 0.392 e. The van der Waals surface area contributed by atoms with Crippen molar-refractivity contribution in [3.8, 4) is 0 Å². The topological polar surface area (TPSA) is 125 Å². The Morgan fingerprint density at radius 2 is 2.15 bits per heavy atom. The lowest BCUT2D eigenvalue weighted by molar-refractivity contribution is 1.08. The molecule has 1 aromatic carbocycles. The summed E-state index contributed by atoms with van der Waals surface area (Å²) in [5.41, 5.74) is 8.51. The van der Waals surface area contributed by atoms with Gasteiger partial charge in [-0.25, -0.2) is 9.97 Å². The molecule has 0 saturated heterocycles. The molecule has 0 aliphatic rings. The van der Waals surface area contributed by atoms with Crippen LogP contribution in [-0.2, 0) is 6.54 Å². The molecule has 8 heteroatoms. The molecule has 3 rings (SSSR count). The minimum absolute atomic E-state index is 0.312. The molecule has 0 saturated carbocycles. The van der Waals surface area contributed by atoms with Gasteiger partial charge in [-0.3, -0.25) is 4.98 Å². The average molecular weight is 348 g/mol. The molecule has 0 spiro atoms. The Morgan fingerprint density at radius 1 is 1.27 bits per heavy atom. The van der Waals surface area contributed by atoms with Gasteiger partial charge < -0.3 is 27.1 Å². The minimum Gasteiger partial charge on any atom is -0.392 e. The van der Waals surface area contributed by atoms with Crippen molar-refractivity contribution in [3.05, 3.63) is 60.2 Å².